The molecule has 0 unspecified atom stereocenters. The van der Waals surface area contributed by atoms with E-state index < -0.39 is 0 Å². The molecular formula is C24H28N2O4. The number of carbonyl (C=O) groups excluding carboxylic acids is 1. The molecule has 0 N–H and O–H groups in total. The zero-order chi connectivity index (χ0) is 21.1. The number of rotatable bonds is 6. The van der Waals surface area contributed by atoms with Crippen molar-refractivity contribution >= 4 is 11.6 Å². The van der Waals surface area contributed by atoms with Gasteiger partial charge in [0.25, 0.3) is 0 Å². The SMILES string of the molecule is COc1ccccc1CN1N=C(c2ccc(OC)c(OC)c2)[C@@H]2CCCC[C@@H]2C1=O. The molecule has 2 aromatic rings. The lowest BCUT2D eigenvalue weighted by molar-refractivity contribution is -0.139. The van der Waals surface area contributed by atoms with Crippen molar-refractivity contribution in [2.75, 3.05) is 21.3 Å². The lowest BCUT2D eigenvalue weighted by atomic mass is 9.73. The van der Waals surface area contributed by atoms with Gasteiger partial charge in [0.05, 0.1) is 33.6 Å². The molecule has 1 aliphatic carbocycles. The molecule has 4 rings (SSSR count). The standard InChI is InChI=1S/C24H28N2O4/c1-28-20-11-7-4-8-17(20)15-26-24(27)19-10-6-5-9-18(19)23(25-26)16-12-13-21(29-2)22(14-16)30-3/h4,7-8,11-14,18-19H,5-6,9-10,15H2,1-3H3/t18-,19+/m1/s1. The minimum atomic E-state index is -0.0333. The zero-order valence-electron chi connectivity index (χ0n) is 17.8. The number of amides is 1. The lowest BCUT2D eigenvalue weighted by Gasteiger charge is -2.38. The largest absolute Gasteiger partial charge is 0.496 e. The van der Waals surface area contributed by atoms with Crippen molar-refractivity contribution in [2.24, 2.45) is 16.9 Å². The van der Waals surface area contributed by atoms with Gasteiger partial charge < -0.3 is 14.2 Å². The first-order chi connectivity index (χ1) is 14.7. The molecule has 6 nitrogen and oxygen atoms in total. The highest BCUT2D eigenvalue weighted by atomic mass is 16.5. The fourth-order valence-electron chi connectivity index (χ4n) is 4.57. The van der Waals surface area contributed by atoms with Gasteiger partial charge in [-0.1, -0.05) is 31.0 Å². The van der Waals surface area contributed by atoms with Crippen molar-refractivity contribution in [3.05, 3.63) is 53.6 Å². The van der Waals surface area contributed by atoms with Gasteiger partial charge in [0.1, 0.15) is 5.75 Å². The third-order valence-corrected chi connectivity index (χ3v) is 6.11. The van der Waals surface area contributed by atoms with E-state index in [9.17, 15) is 4.79 Å². The monoisotopic (exact) mass is 408 g/mol. The quantitative estimate of drug-likeness (QED) is 0.716. The Hall–Kier alpha value is -3.02. The highest BCUT2D eigenvalue weighted by molar-refractivity contribution is 6.07. The van der Waals surface area contributed by atoms with Crippen molar-refractivity contribution in [1.82, 2.24) is 5.01 Å². The highest BCUT2D eigenvalue weighted by Gasteiger charge is 2.41. The molecule has 1 saturated carbocycles. The Morgan fingerprint density at radius 3 is 2.33 bits per heavy atom. The van der Waals surface area contributed by atoms with Crippen LogP contribution in [-0.2, 0) is 11.3 Å². The van der Waals surface area contributed by atoms with E-state index in [0.29, 0.717) is 18.0 Å². The van der Waals surface area contributed by atoms with E-state index in [1.165, 1.54) is 0 Å². The summed E-state index contributed by atoms with van der Waals surface area (Å²) in [5.74, 6) is 2.32. The summed E-state index contributed by atoms with van der Waals surface area (Å²) >= 11 is 0. The number of para-hydroxylation sites is 1. The van der Waals surface area contributed by atoms with Crippen molar-refractivity contribution in [2.45, 2.75) is 32.2 Å². The molecule has 30 heavy (non-hydrogen) atoms. The van der Waals surface area contributed by atoms with Crippen LogP contribution in [0, 0.1) is 11.8 Å². The first-order valence-electron chi connectivity index (χ1n) is 10.4. The van der Waals surface area contributed by atoms with Crippen LogP contribution >= 0.6 is 0 Å². The van der Waals surface area contributed by atoms with Crippen LogP contribution in [0.3, 0.4) is 0 Å². The molecule has 1 amide bonds. The minimum absolute atomic E-state index is 0.0333. The predicted molar refractivity (Wildman–Crippen MR) is 115 cm³/mol. The molecule has 158 valence electrons. The first kappa shape index (κ1) is 20.3. The van der Waals surface area contributed by atoms with Crippen molar-refractivity contribution < 1.29 is 19.0 Å². The first-order valence-corrected chi connectivity index (χ1v) is 10.4. The average Bonchev–Trinajstić information content (AvgIpc) is 2.80. The van der Waals surface area contributed by atoms with Crippen LogP contribution in [-0.4, -0.2) is 38.0 Å². The topological polar surface area (TPSA) is 60.4 Å². The van der Waals surface area contributed by atoms with E-state index in [-0.39, 0.29) is 17.7 Å². The van der Waals surface area contributed by atoms with Crippen LogP contribution in [0.2, 0.25) is 0 Å². The molecule has 1 aliphatic heterocycles. The Morgan fingerprint density at radius 1 is 0.900 bits per heavy atom. The molecular weight excluding hydrogens is 380 g/mol. The number of methoxy groups -OCH3 is 3. The Morgan fingerprint density at radius 2 is 1.60 bits per heavy atom. The maximum absolute atomic E-state index is 13.3. The van der Waals surface area contributed by atoms with E-state index >= 15 is 0 Å². The summed E-state index contributed by atoms with van der Waals surface area (Å²) < 4.78 is 16.4. The number of hydrazone groups is 1. The molecule has 0 radical (unpaired) electrons. The minimum Gasteiger partial charge on any atom is -0.496 e. The molecule has 2 aliphatic rings. The molecule has 6 heteroatoms. The molecule has 0 aromatic heterocycles. The van der Waals surface area contributed by atoms with E-state index in [2.05, 4.69) is 0 Å². The van der Waals surface area contributed by atoms with Gasteiger partial charge in [0, 0.05) is 23.0 Å². The van der Waals surface area contributed by atoms with Gasteiger partial charge in [-0.25, -0.2) is 5.01 Å². The summed E-state index contributed by atoms with van der Waals surface area (Å²) in [6.07, 6.45) is 4.08. The normalized spacial score (nSPS) is 21.0. The van der Waals surface area contributed by atoms with E-state index in [1.54, 1.807) is 26.3 Å². The molecule has 0 saturated heterocycles. The number of nitrogens with zero attached hydrogens (tertiary/aromatic N) is 2. The lowest BCUT2D eigenvalue weighted by Crippen LogP contribution is -2.45. The van der Waals surface area contributed by atoms with Gasteiger partial charge in [-0.3, -0.25) is 4.79 Å². The fourth-order valence-corrected chi connectivity index (χ4v) is 4.57. The van der Waals surface area contributed by atoms with Gasteiger partial charge >= 0.3 is 0 Å². The maximum Gasteiger partial charge on any atom is 0.246 e. The highest BCUT2D eigenvalue weighted by Crippen LogP contribution is 2.39. The Balaban J connectivity index is 1.75. The molecule has 2 aromatic carbocycles. The van der Waals surface area contributed by atoms with Crippen LogP contribution in [0.1, 0.15) is 36.8 Å². The van der Waals surface area contributed by atoms with Gasteiger partial charge in [-0.05, 0) is 37.1 Å². The van der Waals surface area contributed by atoms with Gasteiger partial charge in [-0.15, -0.1) is 0 Å². The van der Waals surface area contributed by atoms with E-state index in [1.807, 2.05) is 42.5 Å². The number of fused-ring (bicyclic) bond motifs is 1. The van der Waals surface area contributed by atoms with Gasteiger partial charge in [0.2, 0.25) is 5.91 Å². The predicted octanol–water partition coefficient (Wildman–Crippen LogP) is 4.27. The fraction of sp³-hybridized carbons (Fsp3) is 0.417. The van der Waals surface area contributed by atoms with Crippen LogP contribution in [0.25, 0.3) is 0 Å². The van der Waals surface area contributed by atoms with Gasteiger partial charge in [-0.2, -0.15) is 5.10 Å². The van der Waals surface area contributed by atoms with Crippen LogP contribution in [0.5, 0.6) is 17.2 Å². The third-order valence-electron chi connectivity index (χ3n) is 6.11. The van der Waals surface area contributed by atoms with E-state index in [0.717, 1.165) is 48.3 Å². The summed E-state index contributed by atoms with van der Waals surface area (Å²) in [4.78, 5) is 13.3. The zero-order valence-corrected chi connectivity index (χ0v) is 17.8. The van der Waals surface area contributed by atoms with Crippen molar-refractivity contribution in [3.8, 4) is 17.2 Å². The van der Waals surface area contributed by atoms with Gasteiger partial charge in [0.15, 0.2) is 11.5 Å². The van der Waals surface area contributed by atoms with Crippen LogP contribution < -0.4 is 14.2 Å². The average molecular weight is 408 g/mol. The Kier molecular flexibility index (Phi) is 5.93. The van der Waals surface area contributed by atoms with Crippen LogP contribution in [0.15, 0.2) is 47.6 Å². The van der Waals surface area contributed by atoms with Crippen molar-refractivity contribution in [1.29, 1.82) is 0 Å². The van der Waals surface area contributed by atoms with E-state index in [4.69, 9.17) is 19.3 Å². The second-order valence-corrected chi connectivity index (χ2v) is 7.76. The maximum atomic E-state index is 13.3. The number of hydrogen-bond acceptors (Lipinski definition) is 5. The second kappa shape index (κ2) is 8.78. The van der Waals surface area contributed by atoms with Crippen LogP contribution in [0.4, 0.5) is 0 Å². The molecule has 2 atom stereocenters. The summed E-state index contributed by atoms with van der Waals surface area (Å²) in [5, 5.41) is 6.49. The molecule has 1 fully saturated rings. The third kappa shape index (κ3) is 3.74. The number of hydrogen-bond donors (Lipinski definition) is 0. The summed E-state index contributed by atoms with van der Waals surface area (Å²) in [7, 11) is 4.90. The summed E-state index contributed by atoms with van der Waals surface area (Å²) in [6.45, 7) is 0.392. The Labute approximate surface area is 177 Å². The summed E-state index contributed by atoms with van der Waals surface area (Å²) in [6, 6.07) is 13.6. The van der Waals surface area contributed by atoms with Crippen molar-refractivity contribution in [3.63, 3.8) is 0 Å². The summed E-state index contributed by atoms with van der Waals surface area (Å²) in [5.41, 5.74) is 2.87. The smallest absolute Gasteiger partial charge is 0.246 e. The molecule has 0 spiro atoms. The number of carbonyl (C=O) groups is 1. The number of benzene rings is 2. The second-order valence-electron chi connectivity index (χ2n) is 7.76. The number of ether oxygens (including phenoxy) is 3. The molecule has 0 bridgehead atoms. The molecule has 1 heterocycles. The Bertz CT molecular complexity index is 956.